The molecular weight excluding hydrogens is 325 g/mol. The number of anilines is 1. The lowest BCUT2D eigenvalue weighted by Crippen LogP contribution is -2.32. The average molecular weight is 338 g/mol. The minimum atomic E-state index is -4.61. The van der Waals surface area contributed by atoms with Crippen LogP contribution in [0.3, 0.4) is 0 Å². The number of rotatable bonds is 2. The zero-order valence-electron chi connectivity index (χ0n) is 12.6. The van der Waals surface area contributed by atoms with E-state index >= 15 is 0 Å². The number of aryl methyl sites for hydroxylation is 2. The van der Waals surface area contributed by atoms with Crippen molar-refractivity contribution in [3.8, 4) is 0 Å². The van der Waals surface area contributed by atoms with Crippen molar-refractivity contribution in [2.24, 2.45) is 0 Å². The first kappa shape index (κ1) is 14.8. The molecule has 11 heteroatoms. The predicted molar refractivity (Wildman–Crippen MR) is 76.3 cm³/mol. The SMILES string of the molecule is Cc1cc(N[C@H]2CCc3ncnn3C2)n2nc(C(F)(F)F)nc2n1. The van der Waals surface area contributed by atoms with Gasteiger partial charge in [0, 0.05) is 24.2 Å². The van der Waals surface area contributed by atoms with E-state index in [-0.39, 0.29) is 11.8 Å². The second-order valence-electron chi connectivity index (χ2n) is 5.67. The molecule has 0 spiro atoms. The van der Waals surface area contributed by atoms with Gasteiger partial charge in [-0.25, -0.2) is 14.6 Å². The Hall–Kier alpha value is -2.72. The normalized spacial score (nSPS) is 17.9. The first-order chi connectivity index (χ1) is 11.4. The Balaban J connectivity index is 1.67. The largest absolute Gasteiger partial charge is 0.453 e. The summed E-state index contributed by atoms with van der Waals surface area (Å²) in [7, 11) is 0. The quantitative estimate of drug-likeness (QED) is 0.762. The van der Waals surface area contributed by atoms with Crippen molar-refractivity contribution >= 4 is 11.6 Å². The molecule has 0 aliphatic carbocycles. The van der Waals surface area contributed by atoms with Gasteiger partial charge in [-0.15, -0.1) is 5.10 Å². The lowest BCUT2D eigenvalue weighted by Gasteiger charge is -2.24. The van der Waals surface area contributed by atoms with Crippen LogP contribution in [-0.4, -0.2) is 40.4 Å². The number of halogens is 3. The lowest BCUT2D eigenvalue weighted by atomic mass is 10.1. The number of hydrogen-bond acceptors (Lipinski definition) is 6. The van der Waals surface area contributed by atoms with E-state index in [1.165, 1.54) is 6.33 Å². The van der Waals surface area contributed by atoms with Crippen molar-refractivity contribution in [2.75, 3.05) is 5.32 Å². The van der Waals surface area contributed by atoms with E-state index in [4.69, 9.17) is 0 Å². The second kappa shape index (κ2) is 5.14. The van der Waals surface area contributed by atoms with Gasteiger partial charge in [-0.1, -0.05) is 0 Å². The topological polar surface area (TPSA) is 85.8 Å². The Morgan fingerprint density at radius 3 is 2.92 bits per heavy atom. The fourth-order valence-electron chi connectivity index (χ4n) is 2.77. The van der Waals surface area contributed by atoms with Gasteiger partial charge in [0.1, 0.15) is 18.0 Å². The van der Waals surface area contributed by atoms with E-state index in [1.54, 1.807) is 17.7 Å². The van der Waals surface area contributed by atoms with Gasteiger partial charge in [0.15, 0.2) is 0 Å². The van der Waals surface area contributed by atoms with Crippen molar-refractivity contribution in [3.05, 3.63) is 29.7 Å². The number of aromatic nitrogens is 7. The number of alkyl halides is 3. The monoisotopic (exact) mass is 338 g/mol. The van der Waals surface area contributed by atoms with Crippen molar-refractivity contribution in [1.82, 2.24) is 34.3 Å². The van der Waals surface area contributed by atoms with Crippen LogP contribution in [0.25, 0.3) is 5.78 Å². The second-order valence-corrected chi connectivity index (χ2v) is 5.67. The summed E-state index contributed by atoms with van der Waals surface area (Å²) >= 11 is 0. The molecule has 4 rings (SSSR count). The van der Waals surface area contributed by atoms with E-state index in [9.17, 15) is 13.2 Å². The van der Waals surface area contributed by atoms with Crippen molar-refractivity contribution in [1.29, 1.82) is 0 Å². The molecule has 0 unspecified atom stereocenters. The van der Waals surface area contributed by atoms with Crippen LogP contribution in [-0.2, 0) is 19.1 Å². The molecule has 0 bridgehead atoms. The summed E-state index contributed by atoms with van der Waals surface area (Å²) in [5.41, 5.74) is 0.559. The molecule has 0 fully saturated rings. The summed E-state index contributed by atoms with van der Waals surface area (Å²) in [5.74, 6) is 0.0474. The summed E-state index contributed by atoms with van der Waals surface area (Å²) in [4.78, 5) is 11.6. The van der Waals surface area contributed by atoms with E-state index in [1.807, 2.05) is 0 Å². The molecule has 0 saturated carbocycles. The van der Waals surface area contributed by atoms with Gasteiger partial charge >= 0.3 is 6.18 Å². The molecule has 8 nitrogen and oxygen atoms in total. The molecule has 1 N–H and O–H groups in total. The Morgan fingerprint density at radius 1 is 1.29 bits per heavy atom. The molecule has 0 aromatic carbocycles. The standard InChI is InChI=1S/C13H13F3N8/c1-7-4-10(20-8-2-3-9-17-6-18-23(9)5-8)24-12(19-7)21-11(22-24)13(14,15)16/h4,6,8,20H,2-3,5H2,1H3/t8-/m0/s1. The summed E-state index contributed by atoms with van der Waals surface area (Å²) in [6, 6.07) is 1.65. The summed E-state index contributed by atoms with van der Waals surface area (Å²) in [5, 5.41) is 10.9. The van der Waals surface area contributed by atoms with Crippen molar-refractivity contribution in [2.45, 2.75) is 38.5 Å². The van der Waals surface area contributed by atoms with E-state index < -0.39 is 12.0 Å². The minimum absolute atomic E-state index is 0.00253. The van der Waals surface area contributed by atoms with Gasteiger partial charge in [0.25, 0.3) is 11.6 Å². The third-order valence-electron chi connectivity index (χ3n) is 3.85. The summed E-state index contributed by atoms with van der Waals surface area (Å²) < 4.78 is 41.4. The number of nitrogens with zero attached hydrogens (tertiary/aromatic N) is 7. The first-order valence-corrected chi connectivity index (χ1v) is 7.35. The summed E-state index contributed by atoms with van der Waals surface area (Å²) in [6.07, 6.45) is -1.57. The highest BCUT2D eigenvalue weighted by molar-refractivity contribution is 5.46. The third kappa shape index (κ3) is 2.55. The fourth-order valence-corrected chi connectivity index (χ4v) is 2.77. The van der Waals surface area contributed by atoms with Crippen LogP contribution in [0, 0.1) is 6.92 Å². The molecule has 4 heterocycles. The maximum Gasteiger partial charge on any atom is 0.453 e. The number of nitrogens with one attached hydrogen (secondary N) is 1. The molecule has 0 saturated heterocycles. The Labute approximate surface area is 133 Å². The van der Waals surface area contributed by atoms with Crippen LogP contribution in [0.1, 0.15) is 23.8 Å². The van der Waals surface area contributed by atoms with Crippen LogP contribution in [0.4, 0.5) is 19.0 Å². The van der Waals surface area contributed by atoms with Gasteiger partial charge in [-0.2, -0.15) is 27.8 Å². The van der Waals surface area contributed by atoms with E-state index in [2.05, 4.69) is 30.5 Å². The average Bonchev–Trinajstić information content (AvgIpc) is 3.12. The Bertz CT molecular complexity index is 896. The smallest absolute Gasteiger partial charge is 0.365 e. The van der Waals surface area contributed by atoms with Crippen LogP contribution < -0.4 is 5.32 Å². The van der Waals surface area contributed by atoms with Gasteiger partial charge in [0.2, 0.25) is 0 Å². The predicted octanol–water partition coefficient (Wildman–Crippen LogP) is 1.47. The maximum absolute atomic E-state index is 12.8. The van der Waals surface area contributed by atoms with E-state index in [0.717, 1.165) is 23.2 Å². The number of hydrogen-bond donors (Lipinski definition) is 1. The van der Waals surface area contributed by atoms with E-state index in [0.29, 0.717) is 18.1 Å². The molecule has 0 amide bonds. The zero-order valence-corrected chi connectivity index (χ0v) is 12.6. The molecule has 1 aliphatic heterocycles. The van der Waals surface area contributed by atoms with Crippen molar-refractivity contribution in [3.63, 3.8) is 0 Å². The fraction of sp³-hybridized carbons (Fsp3) is 0.462. The highest BCUT2D eigenvalue weighted by Crippen LogP contribution is 2.27. The van der Waals surface area contributed by atoms with Crippen LogP contribution in [0.15, 0.2) is 12.4 Å². The molecule has 1 atom stereocenters. The van der Waals surface area contributed by atoms with Gasteiger partial charge in [-0.05, 0) is 13.3 Å². The van der Waals surface area contributed by atoms with Gasteiger partial charge in [-0.3, -0.25) is 0 Å². The van der Waals surface area contributed by atoms with Crippen LogP contribution >= 0.6 is 0 Å². The lowest BCUT2D eigenvalue weighted by molar-refractivity contribution is -0.144. The van der Waals surface area contributed by atoms with Crippen molar-refractivity contribution < 1.29 is 13.2 Å². The van der Waals surface area contributed by atoms with Gasteiger partial charge < -0.3 is 5.32 Å². The third-order valence-corrected chi connectivity index (χ3v) is 3.85. The van der Waals surface area contributed by atoms with Crippen LogP contribution in [0.2, 0.25) is 0 Å². The summed E-state index contributed by atoms with van der Waals surface area (Å²) in [6.45, 7) is 2.28. The Morgan fingerprint density at radius 2 is 2.12 bits per heavy atom. The molecule has 3 aromatic heterocycles. The highest BCUT2D eigenvalue weighted by Gasteiger charge is 2.37. The maximum atomic E-state index is 12.8. The molecular formula is C13H13F3N8. The highest BCUT2D eigenvalue weighted by atomic mass is 19.4. The number of fused-ring (bicyclic) bond motifs is 2. The minimum Gasteiger partial charge on any atom is -0.365 e. The Kier molecular flexibility index (Phi) is 3.18. The van der Waals surface area contributed by atoms with Gasteiger partial charge in [0.05, 0.1) is 6.54 Å². The zero-order chi connectivity index (χ0) is 16.9. The molecule has 0 radical (unpaired) electrons. The molecule has 1 aliphatic rings. The molecule has 24 heavy (non-hydrogen) atoms. The van der Waals surface area contributed by atoms with Crippen LogP contribution in [0.5, 0.6) is 0 Å². The molecule has 126 valence electrons. The molecule has 3 aromatic rings. The first-order valence-electron chi connectivity index (χ1n) is 7.35.